The zero-order chi connectivity index (χ0) is 12.0. The Balaban J connectivity index is 2.62. The van der Waals surface area contributed by atoms with E-state index in [1.54, 1.807) is 7.11 Å². The Kier molecular flexibility index (Phi) is 5.29. The minimum atomic E-state index is 0.611. The van der Waals surface area contributed by atoms with Gasteiger partial charge in [0.15, 0.2) is 0 Å². The zero-order valence-electron chi connectivity index (χ0n) is 10.5. The number of hydrogen-bond donors (Lipinski definition) is 1. The molecule has 0 heterocycles. The molecule has 0 aliphatic carbocycles. The average Bonchev–Trinajstić information content (AvgIpc) is 2.29. The smallest absolute Gasteiger partial charge is 0.0479 e. The van der Waals surface area contributed by atoms with Gasteiger partial charge in [-0.1, -0.05) is 6.07 Å². The molecule has 1 rings (SSSR count). The van der Waals surface area contributed by atoms with Crippen LogP contribution in [-0.2, 0) is 11.3 Å². The van der Waals surface area contributed by atoms with E-state index < -0.39 is 0 Å². The summed E-state index contributed by atoms with van der Waals surface area (Å²) in [4.78, 5) is 2.24. The van der Waals surface area contributed by atoms with E-state index in [9.17, 15) is 0 Å². The van der Waals surface area contributed by atoms with Crippen LogP contribution in [0.2, 0.25) is 0 Å². The van der Waals surface area contributed by atoms with Crippen molar-refractivity contribution in [1.82, 2.24) is 0 Å². The predicted molar refractivity (Wildman–Crippen MR) is 68.8 cm³/mol. The topological polar surface area (TPSA) is 38.5 Å². The lowest BCUT2D eigenvalue weighted by molar-refractivity contribution is 0.196. The minimum Gasteiger partial charge on any atom is -0.385 e. The van der Waals surface area contributed by atoms with Crippen LogP contribution in [0, 0.1) is 6.92 Å². The lowest BCUT2D eigenvalue weighted by Gasteiger charge is -2.20. The van der Waals surface area contributed by atoms with Gasteiger partial charge in [0, 0.05) is 39.5 Å². The minimum absolute atomic E-state index is 0.611. The van der Waals surface area contributed by atoms with Gasteiger partial charge in [0.25, 0.3) is 0 Å². The van der Waals surface area contributed by atoms with Crippen molar-refractivity contribution in [3.8, 4) is 0 Å². The molecule has 0 spiro atoms. The maximum Gasteiger partial charge on any atom is 0.0479 e. The SMILES string of the molecule is COCCCN(C)c1ccc(CN)c(C)c1. The summed E-state index contributed by atoms with van der Waals surface area (Å²) in [5.74, 6) is 0. The predicted octanol–water partition coefficient (Wildman–Crippen LogP) is 1.93. The normalized spacial score (nSPS) is 10.5. The van der Waals surface area contributed by atoms with Gasteiger partial charge in [0.2, 0.25) is 0 Å². The molecule has 0 atom stereocenters. The van der Waals surface area contributed by atoms with Crippen LogP contribution in [-0.4, -0.2) is 27.3 Å². The third-order valence-corrected chi connectivity index (χ3v) is 2.83. The first kappa shape index (κ1) is 13.0. The summed E-state index contributed by atoms with van der Waals surface area (Å²) in [6.45, 7) is 4.54. The number of nitrogens with zero attached hydrogens (tertiary/aromatic N) is 1. The van der Waals surface area contributed by atoms with E-state index in [1.165, 1.54) is 16.8 Å². The van der Waals surface area contributed by atoms with E-state index in [4.69, 9.17) is 10.5 Å². The Morgan fingerprint density at radius 1 is 1.38 bits per heavy atom. The number of benzene rings is 1. The highest BCUT2D eigenvalue weighted by atomic mass is 16.5. The van der Waals surface area contributed by atoms with Crippen molar-refractivity contribution in [2.24, 2.45) is 5.73 Å². The van der Waals surface area contributed by atoms with E-state index >= 15 is 0 Å². The van der Waals surface area contributed by atoms with Crippen molar-refractivity contribution in [1.29, 1.82) is 0 Å². The number of aryl methyl sites for hydroxylation is 1. The number of nitrogens with two attached hydrogens (primary N) is 1. The molecule has 0 amide bonds. The Morgan fingerprint density at radius 3 is 2.69 bits per heavy atom. The first-order valence-corrected chi connectivity index (χ1v) is 5.68. The van der Waals surface area contributed by atoms with E-state index in [2.05, 4.69) is 37.1 Å². The monoisotopic (exact) mass is 222 g/mol. The Bertz CT molecular complexity index is 326. The summed E-state index contributed by atoms with van der Waals surface area (Å²) in [5, 5.41) is 0. The molecule has 0 fully saturated rings. The molecule has 90 valence electrons. The number of ether oxygens (including phenoxy) is 1. The van der Waals surface area contributed by atoms with E-state index in [0.717, 1.165) is 19.6 Å². The summed E-state index contributed by atoms with van der Waals surface area (Å²) >= 11 is 0. The molecule has 0 aromatic heterocycles. The number of methoxy groups -OCH3 is 1. The quantitative estimate of drug-likeness (QED) is 0.747. The number of hydrogen-bond acceptors (Lipinski definition) is 3. The molecule has 0 unspecified atom stereocenters. The van der Waals surface area contributed by atoms with E-state index in [-0.39, 0.29) is 0 Å². The van der Waals surface area contributed by atoms with Crippen molar-refractivity contribution in [3.05, 3.63) is 29.3 Å². The van der Waals surface area contributed by atoms with Crippen LogP contribution < -0.4 is 10.6 Å². The van der Waals surface area contributed by atoms with Crippen molar-refractivity contribution in [3.63, 3.8) is 0 Å². The second kappa shape index (κ2) is 6.51. The zero-order valence-corrected chi connectivity index (χ0v) is 10.5. The molecule has 0 radical (unpaired) electrons. The summed E-state index contributed by atoms with van der Waals surface area (Å²) in [6.07, 6.45) is 1.05. The van der Waals surface area contributed by atoms with Gasteiger partial charge in [-0.2, -0.15) is 0 Å². The fraction of sp³-hybridized carbons (Fsp3) is 0.538. The number of anilines is 1. The standard InChI is InChI=1S/C13H22N2O/c1-11-9-13(6-5-12(11)10-14)15(2)7-4-8-16-3/h5-6,9H,4,7-8,10,14H2,1-3H3. The molecule has 3 heteroatoms. The number of rotatable bonds is 6. The molecule has 16 heavy (non-hydrogen) atoms. The van der Waals surface area contributed by atoms with Gasteiger partial charge in [0.05, 0.1) is 0 Å². The second-order valence-electron chi connectivity index (χ2n) is 4.08. The largest absolute Gasteiger partial charge is 0.385 e. The van der Waals surface area contributed by atoms with Gasteiger partial charge >= 0.3 is 0 Å². The molecule has 0 saturated carbocycles. The van der Waals surface area contributed by atoms with Gasteiger partial charge in [-0.3, -0.25) is 0 Å². The van der Waals surface area contributed by atoms with Crippen molar-refractivity contribution in [2.75, 3.05) is 32.2 Å². The van der Waals surface area contributed by atoms with Crippen LogP contribution >= 0.6 is 0 Å². The maximum absolute atomic E-state index is 5.64. The first-order valence-electron chi connectivity index (χ1n) is 5.68. The van der Waals surface area contributed by atoms with Gasteiger partial charge in [-0.05, 0) is 36.6 Å². The Hall–Kier alpha value is -1.06. The van der Waals surface area contributed by atoms with Crippen LogP contribution in [0.1, 0.15) is 17.5 Å². The molecule has 2 N–H and O–H groups in total. The molecule has 0 bridgehead atoms. The first-order chi connectivity index (χ1) is 7.69. The van der Waals surface area contributed by atoms with Crippen LogP contribution in [0.3, 0.4) is 0 Å². The highest BCUT2D eigenvalue weighted by Crippen LogP contribution is 2.18. The maximum atomic E-state index is 5.64. The molecule has 0 saturated heterocycles. The van der Waals surface area contributed by atoms with E-state index in [1.807, 2.05) is 0 Å². The van der Waals surface area contributed by atoms with Gasteiger partial charge < -0.3 is 15.4 Å². The van der Waals surface area contributed by atoms with Crippen LogP contribution in [0.25, 0.3) is 0 Å². The highest BCUT2D eigenvalue weighted by molar-refractivity contribution is 5.50. The molecule has 0 aliphatic heterocycles. The van der Waals surface area contributed by atoms with E-state index in [0.29, 0.717) is 6.54 Å². The van der Waals surface area contributed by atoms with Gasteiger partial charge in [-0.25, -0.2) is 0 Å². The fourth-order valence-corrected chi connectivity index (χ4v) is 1.72. The highest BCUT2D eigenvalue weighted by Gasteiger charge is 2.03. The molecule has 1 aromatic rings. The molecular formula is C13H22N2O. The van der Waals surface area contributed by atoms with Crippen LogP contribution in [0.15, 0.2) is 18.2 Å². The van der Waals surface area contributed by atoms with Crippen molar-refractivity contribution >= 4 is 5.69 Å². The summed E-state index contributed by atoms with van der Waals surface area (Å²) in [7, 11) is 3.84. The molecule has 3 nitrogen and oxygen atoms in total. The summed E-state index contributed by atoms with van der Waals surface area (Å²) < 4.78 is 5.05. The Labute approximate surface area is 98.2 Å². The van der Waals surface area contributed by atoms with Gasteiger partial charge in [-0.15, -0.1) is 0 Å². The third kappa shape index (κ3) is 3.51. The lowest BCUT2D eigenvalue weighted by Crippen LogP contribution is -2.19. The summed E-state index contributed by atoms with van der Waals surface area (Å²) in [6, 6.07) is 6.43. The average molecular weight is 222 g/mol. The second-order valence-corrected chi connectivity index (χ2v) is 4.08. The third-order valence-electron chi connectivity index (χ3n) is 2.83. The molecule has 0 aliphatic rings. The van der Waals surface area contributed by atoms with Gasteiger partial charge in [0.1, 0.15) is 0 Å². The van der Waals surface area contributed by atoms with Crippen molar-refractivity contribution < 1.29 is 4.74 Å². The lowest BCUT2D eigenvalue weighted by atomic mass is 10.1. The van der Waals surface area contributed by atoms with Crippen molar-refractivity contribution in [2.45, 2.75) is 19.9 Å². The molecule has 1 aromatic carbocycles. The fourth-order valence-electron chi connectivity index (χ4n) is 1.72. The van der Waals surface area contributed by atoms with Crippen LogP contribution in [0.4, 0.5) is 5.69 Å². The summed E-state index contributed by atoms with van der Waals surface area (Å²) in [5.41, 5.74) is 9.37. The molecular weight excluding hydrogens is 200 g/mol. The Morgan fingerprint density at radius 2 is 2.12 bits per heavy atom. The van der Waals surface area contributed by atoms with Crippen LogP contribution in [0.5, 0.6) is 0 Å².